The quantitative estimate of drug-likeness (QED) is 0.339. The number of carboxylic acid groups (broad SMARTS) is 2. The highest BCUT2D eigenvalue weighted by Crippen LogP contribution is 2.29. The van der Waals surface area contributed by atoms with Crippen molar-refractivity contribution in [2.24, 2.45) is 5.92 Å². The molecule has 0 spiro atoms. The number of benzene rings is 1. The number of Topliss-reactive ketones (excluding diaryl/α,β-unsaturated/α-hetero) is 1. The summed E-state index contributed by atoms with van der Waals surface area (Å²) < 4.78 is 0. The Hall–Kier alpha value is -3.53. The van der Waals surface area contributed by atoms with Crippen LogP contribution in [0.15, 0.2) is 35.1 Å². The van der Waals surface area contributed by atoms with Gasteiger partial charge in [-0.3, -0.25) is 19.2 Å². The summed E-state index contributed by atoms with van der Waals surface area (Å²) >= 11 is 1.14. The lowest BCUT2D eigenvalue weighted by Gasteiger charge is -2.17. The van der Waals surface area contributed by atoms with Crippen LogP contribution >= 0.6 is 11.3 Å². The number of nitrogens with zero attached hydrogens (tertiary/aromatic N) is 2. The molecule has 2 heterocycles. The maximum atomic E-state index is 12.6. The Bertz CT molecular complexity index is 1220. The summed E-state index contributed by atoms with van der Waals surface area (Å²) in [5, 5.41) is 19.3. The summed E-state index contributed by atoms with van der Waals surface area (Å²) in [6, 6.07) is 8.68. The molecule has 0 aliphatic heterocycles. The second-order valence-corrected chi connectivity index (χ2v) is 8.25. The zero-order valence-electron chi connectivity index (χ0n) is 16.9. The number of hydrogen-bond donors (Lipinski definition) is 3. The first-order chi connectivity index (χ1) is 14.7. The van der Waals surface area contributed by atoms with E-state index in [1.54, 1.807) is 31.2 Å². The number of aryl methyl sites for hydroxylation is 1. The molecule has 9 nitrogen and oxygen atoms in total. The number of fused-ring (bicyclic) bond motifs is 1. The lowest BCUT2D eigenvalue weighted by atomic mass is 9.97. The molecule has 0 saturated carbocycles. The standard InChI is InChI=1S/C21H21N3O6S/c1-11-22-15-5-3-12(9-14(15)20(28)23-11)10-24(2)17-7-6-16(31-17)19(27)13(21(29)30)4-8-18(25)26/h3,5-7,9,13H,4,8,10H2,1-2H3,(H,25,26)(H,29,30)(H,22,23,28). The molecule has 0 saturated heterocycles. The molecule has 0 radical (unpaired) electrons. The highest BCUT2D eigenvalue weighted by molar-refractivity contribution is 7.18. The molecule has 1 aromatic carbocycles. The van der Waals surface area contributed by atoms with Crippen molar-refractivity contribution in [1.29, 1.82) is 0 Å². The van der Waals surface area contributed by atoms with Gasteiger partial charge in [0, 0.05) is 20.0 Å². The van der Waals surface area contributed by atoms with Gasteiger partial charge in [-0.25, -0.2) is 4.98 Å². The van der Waals surface area contributed by atoms with Gasteiger partial charge < -0.3 is 20.1 Å². The Morgan fingerprint density at radius 3 is 2.61 bits per heavy atom. The number of carbonyl (C=O) groups excluding carboxylic acids is 1. The Morgan fingerprint density at radius 1 is 1.19 bits per heavy atom. The zero-order valence-corrected chi connectivity index (χ0v) is 17.7. The van der Waals surface area contributed by atoms with Crippen LogP contribution in [0.5, 0.6) is 0 Å². The van der Waals surface area contributed by atoms with Crippen LogP contribution < -0.4 is 10.5 Å². The molecule has 0 aliphatic carbocycles. The first kappa shape index (κ1) is 22.2. The van der Waals surface area contributed by atoms with E-state index in [0.29, 0.717) is 23.3 Å². The fourth-order valence-corrected chi connectivity index (χ4v) is 4.19. The topological polar surface area (TPSA) is 141 Å². The molecule has 1 atom stereocenters. The Labute approximate surface area is 181 Å². The largest absolute Gasteiger partial charge is 0.481 e. The SMILES string of the molecule is Cc1nc2ccc(CN(C)c3ccc(C(=O)C(CCC(=O)O)C(=O)O)s3)cc2c(=O)[nH]1. The molecule has 0 fully saturated rings. The van der Waals surface area contributed by atoms with E-state index in [-0.39, 0.29) is 16.9 Å². The van der Waals surface area contributed by atoms with E-state index in [0.717, 1.165) is 21.9 Å². The van der Waals surface area contributed by atoms with Gasteiger partial charge in [-0.15, -0.1) is 11.3 Å². The summed E-state index contributed by atoms with van der Waals surface area (Å²) in [5.74, 6) is -3.93. The maximum Gasteiger partial charge on any atom is 0.314 e. The number of carbonyl (C=O) groups is 3. The third kappa shape index (κ3) is 5.15. The van der Waals surface area contributed by atoms with Crippen molar-refractivity contribution in [2.45, 2.75) is 26.3 Å². The van der Waals surface area contributed by atoms with Gasteiger partial charge >= 0.3 is 11.9 Å². The van der Waals surface area contributed by atoms with E-state index in [2.05, 4.69) is 9.97 Å². The van der Waals surface area contributed by atoms with Crippen LogP contribution in [0.2, 0.25) is 0 Å². The number of aromatic amines is 1. The van der Waals surface area contributed by atoms with Gasteiger partial charge in [0.15, 0.2) is 5.78 Å². The van der Waals surface area contributed by atoms with Crippen molar-refractivity contribution in [3.63, 3.8) is 0 Å². The predicted octanol–water partition coefficient (Wildman–Crippen LogP) is 2.68. The summed E-state index contributed by atoms with van der Waals surface area (Å²) in [6.07, 6.45) is -0.651. The molecule has 3 aromatic rings. The lowest BCUT2D eigenvalue weighted by molar-refractivity contribution is -0.141. The molecule has 0 aliphatic rings. The number of aliphatic carboxylic acids is 2. The van der Waals surface area contributed by atoms with Crippen LogP contribution in [-0.4, -0.2) is 45.0 Å². The number of thiophene rings is 1. The fraction of sp³-hybridized carbons (Fsp3) is 0.286. The highest BCUT2D eigenvalue weighted by atomic mass is 32.1. The van der Waals surface area contributed by atoms with Gasteiger partial charge in [-0.1, -0.05) is 6.07 Å². The lowest BCUT2D eigenvalue weighted by Crippen LogP contribution is -2.24. The monoisotopic (exact) mass is 443 g/mol. The van der Waals surface area contributed by atoms with Crippen molar-refractivity contribution in [2.75, 3.05) is 11.9 Å². The van der Waals surface area contributed by atoms with Gasteiger partial charge in [0.2, 0.25) is 0 Å². The minimum atomic E-state index is -1.39. The number of nitrogens with one attached hydrogen (secondary N) is 1. The van der Waals surface area contributed by atoms with Crippen molar-refractivity contribution in [1.82, 2.24) is 9.97 Å². The number of aromatic nitrogens is 2. The summed E-state index contributed by atoms with van der Waals surface area (Å²) in [7, 11) is 1.82. The van der Waals surface area contributed by atoms with Gasteiger partial charge in [0.05, 0.1) is 20.8 Å². The summed E-state index contributed by atoms with van der Waals surface area (Å²) in [6.45, 7) is 2.17. The van der Waals surface area contributed by atoms with Gasteiger partial charge in [0.25, 0.3) is 5.56 Å². The van der Waals surface area contributed by atoms with Crippen molar-refractivity contribution in [3.8, 4) is 0 Å². The number of hydrogen-bond acceptors (Lipinski definition) is 7. The Morgan fingerprint density at radius 2 is 1.94 bits per heavy atom. The van der Waals surface area contributed by atoms with Gasteiger partial charge in [-0.2, -0.15) is 0 Å². The second kappa shape index (κ2) is 9.09. The van der Waals surface area contributed by atoms with Crippen LogP contribution in [0, 0.1) is 12.8 Å². The number of H-pyrrole nitrogens is 1. The van der Waals surface area contributed by atoms with Crippen molar-refractivity contribution < 1.29 is 24.6 Å². The van der Waals surface area contributed by atoms with Crippen LogP contribution in [-0.2, 0) is 16.1 Å². The van der Waals surface area contributed by atoms with E-state index >= 15 is 0 Å². The van der Waals surface area contributed by atoms with E-state index in [1.807, 2.05) is 18.0 Å². The first-order valence-corrected chi connectivity index (χ1v) is 10.3. The molecule has 31 heavy (non-hydrogen) atoms. The van der Waals surface area contributed by atoms with Crippen molar-refractivity contribution >= 4 is 45.0 Å². The Balaban J connectivity index is 1.76. The third-order valence-corrected chi connectivity index (χ3v) is 5.99. The molecule has 2 aromatic heterocycles. The molecule has 162 valence electrons. The zero-order chi connectivity index (χ0) is 22.7. The van der Waals surface area contributed by atoms with Crippen LogP contribution in [0.3, 0.4) is 0 Å². The molecule has 1 unspecified atom stereocenters. The minimum Gasteiger partial charge on any atom is -0.481 e. The number of rotatable bonds is 9. The first-order valence-electron chi connectivity index (χ1n) is 9.45. The van der Waals surface area contributed by atoms with E-state index in [9.17, 15) is 24.3 Å². The number of carboxylic acids is 2. The minimum absolute atomic E-state index is 0.211. The predicted molar refractivity (Wildman–Crippen MR) is 116 cm³/mol. The van der Waals surface area contributed by atoms with Crippen LogP contribution in [0.1, 0.15) is 33.9 Å². The molecule has 0 amide bonds. The van der Waals surface area contributed by atoms with Crippen molar-refractivity contribution in [3.05, 3.63) is 57.0 Å². The third-order valence-electron chi connectivity index (χ3n) is 4.78. The van der Waals surface area contributed by atoms with E-state index in [4.69, 9.17) is 5.11 Å². The molecule has 10 heteroatoms. The summed E-state index contributed by atoms with van der Waals surface area (Å²) in [5.41, 5.74) is 1.27. The van der Waals surface area contributed by atoms with Gasteiger partial charge in [0.1, 0.15) is 11.7 Å². The maximum absolute atomic E-state index is 12.6. The smallest absolute Gasteiger partial charge is 0.314 e. The van der Waals surface area contributed by atoms with E-state index < -0.39 is 30.1 Å². The Kier molecular flexibility index (Phi) is 6.50. The van der Waals surface area contributed by atoms with Crippen LogP contribution in [0.4, 0.5) is 5.00 Å². The molecule has 3 N–H and O–H groups in total. The second-order valence-electron chi connectivity index (χ2n) is 7.18. The number of anilines is 1. The fourth-order valence-electron chi connectivity index (χ4n) is 3.22. The number of ketones is 1. The normalized spacial score (nSPS) is 11.9. The summed E-state index contributed by atoms with van der Waals surface area (Å²) in [4.78, 5) is 56.0. The van der Waals surface area contributed by atoms with E-state index in [1.165, 1.54) is 0 Å². The van der Waals surface area contributed by atoms with Crippen LogP contribution in [0.25, 0.3) is 10.9 Å². The molecule has 0 bridgehead atoms. The average Bonchev–Trinajstić information content (AvgIpc) is 3.18. The average molecular weight is 443 g/mol. The van der Waals surface area contributed by atoms with Gasteiger partial charge in [-0.05, 0) is 43.2 Å². The molecular formula is C21H21N3O6S. The molecule has 3 rings (SSSR count). The molecular weight excluding hydrogens is 422 g/mol. The highest BCUT2D eigenvalue weighted by Gasteiger charge is 2.29.